The van der Waals surface area contributed by atoms with Crippen LogP contribution in [0.2, 0.25) is 0 Å². The van der Waals surface area contributed by atoms with Gasteiger partial charge in [-0.3, -0.25) is 9.59 Å². The van der Waals surface area contributed by atoms with Gasteiger partial charge in [0.25, 0.3) is 0 Å². The second-order valence-corrected chi connectivity index (χ2v) is 4.54. The number of methoxy groups -OCH3 is 1. The van der Waals surface area contributed by atoms with E-state index in [1.807, 2.05) is 25.1 Å². The summed E-state index contributed by atoms with van der Waals surface area (Å²) in [6, 6.07) is 5.72. The van der Waals surface area contributed by atoms with Crippen LogP contribution in [0.3, 0.4) is 0 Å². The summed E-state index contributed by atoms with van der Waals surface area (Å²) in [6.45, 7) is 3.74. The highest BCUT2D eigenvalue weighted by Gasteiger charge is 2.33. The van der Waals surface area contributed by atoms with E-state index in [-0.39, 0.29) is 24.1 Å². The first-order chi connectivity index (χ1) is 9.11. The molecular formula is C15H16O4. The van der Waals surface area contributed by atoms with Gasteiger partial charge < -0.3 is 9.47 Å². The summed E-state index contributed by atoms with van der Waals surface area (Å²) < 4.78 is 10.3. The molecule has 0 saturated heterocycles. The molecule has 1 aliphatic rings. The van der Waals surface area contributed by atoms with Crippen molar-refractivity contribution in [3.8, 4) is 0 Å². The van der Waals surface area contributed by atoms with Gasteiger partial charge in [0, 0.05) is 18.6 Å². The predicted molar refractivity (Wildman–Crippen MR) is 70.5 cm³/mol. The minimum Gasteiger partial charge on any atom is -0.466 e. The van der Waals surface area contributed by atoms with Crippen molar-refractivity contribution in [3.05, 3.63) is 40.5 Å². The zero-order valence-corrected chi connectivity index (χ0v) is 11.2. The molecule has 0 aliphatic heterocycles. The van der Waals surface area contributed by atoms with Gasteiger partial charge in [-0.25, -0.2) is 0 Å². The third-order valence-electron chi connectivity index (χ3n) is 3.34. The molecule has 100 valence electrons. The molecule has 1 aromatic carbocycles. The summed E-state index contributed by atoms with van der Waals surface area (Å²) in [6.07, 6.45) is 0.569. The van der Waals surface area contributed by atoms with Gasteiger partial charge in [0.05, 0.1) is 0 Å². The van der Waals surface area contributed by atoms with E-state index in [1.54, 1.807) is 6.92 Å². The number of carbonyl (C=O) groups is 2. The second kappa shape index (κ2) is 5.36. The van der Waals surface area contributed by atoms with Crippen molar-refractivity contribution in [2.24, 2.45) is 0 Å². The highest BCUT2D eigenvalue weighted by molar-refractivity contribution is 6.21. The number of hydrogen-bond acceptors (Lipinski definition) is 4. The standard InChI is InChI=1S/C15H16O4/c1-9-5-4-6-11-10(2)14(17)12(7-16)15(13(9)11)19-8-18-3/h4-7,10H,8H2,1-3H3. The van der Waals surface area contributed by atoms with Gasteiger partial charge in [-0.15, -0.1) is 0 Å². The van der Waals surface area contributed by atoms with Gasteiger partial charge in [0.2, 0.25) is 0 Å². The number of Topliss-reactive ketones (excluding diaryl/α,β-unsaturated/α-hetero) is 1. The largest absolute Gasteiger partial charge is 0.466 e. The molecule has 0 aromatic heterocycles. The van der Waals surface area contributed by atoms with Crippen LogP contribution in [-0.4, -0.2) is 26.0 Å². The van der Waals surface area contributed by atoms with Gasteiger partial charge in [-0.1, -0.05) is 25.1 Å². The van der Waals surface area contributed by atoms with Gasteiger partial charge >= 0.3 is 0 Å². The van der Waals surface area contributed by atoms with Crippen LogP contribution >= 0.6 is 0 Å². The predicted octanol–water partition coefficient (Wildman–Crippen LogP) is 2.21. The van der Waals surface area contributed by atoms with E-state index in [9.17, 15) is 9.59 Å². The molecule has 0 radical (unpaired) electrons. The summed E-state index contributed by atoms with van der Waals surface area (Å²) in [5, 5.41) is 0. The number of carbonyl (C=O) groups excluding carboxylic acids is 2. The van der Waals surface area contributed by atoms with Crippen LogP contribution in [0.5, 0.6) is 0 Å². The Hall–Kier alpha value is -1.94. The maximum absolute atomic E-state index is 12.2. The number of benzene rings is 1. The van der Waals surface area contributed by atoms with Crippen molar-refractivity contribution in [3.63, 3.8) is 0 Å². The zero-order valence-electron chi connectivity index (χ0n) is 11.2. The van der Waals surface area contributed by atoms with Crippen LogP contribution < -0.4 is 0 Å². The maximum atomic E-state index is 12.2. The zero-order chi connectivity index (χ0) is 14.0. The first kappa shape index (κ1) is 13.5. The fourth-order valence-corrected chi connectivity index (χ4v) is 2.36. The van der Waals surface area contributed by atoms with Crippen LogP contribution in [0.25, 0.3) is 5.76 Å². The summed E-state index contributed by atoms with van der Waals surface area (Å²) in [5.74, 6) is -0.211. The number of ether oxygens (including phenoxy) is 2. The van der Waals surface area contributed by atoms with Crippen molar-refractivity contribution in [2.45, 2.75) is 19.8 Å². The fraction of sp³-hybridized carbons (Fsp3) is 0.333. The molecule has 2 rings (SSSR count). The van der Waals surface area contributed by atoms with Crippen LogP contribution in [0.1, 0.15) is 29.5 Å². The molecule has 1 atom stereocenters. The van der Waals surface area contributed by atoms with Gasteiger partial charge in [0.1, 0.15) is 11.3 Å². The van der Waals surface area contributed by atoms with Crippen molar-refractivity contribution < 1.29 is 19.1 Å². The third kappa shape index (κ3) is 2.19. The lowest BCUT2D eigenvalue weighted by atomic mass is 9.80. The Morgan fingerprint density at radius 1 is 1.37 bits per heavy atom. The van der Waals surface area contributed by atoms with E-state index in [2.05, 4.69) is 0 Å². The molecule has 0 bridgehead atoms. The smallest absolute Gasteiger partial charge is 0.188 e. The second-order valence-electron chi connectivity index (χ2n) is 4.54. The van der Waals surface area contributed by atoms with Gasteiger partial charge in [-0.2, -0.15) is 0 Å². The molecule has 1 aromatic rings. The van der Waals surface area contributed by atoms with Crippen LogP contribution in [0.15, 0.2) is 23.8 Å². The molecule has 0 amide bonds. The molecule has 0 spiro atoms. The van der Waals surface area contributed by atoms with Gasteiger partial charge in [0.15, 0.2) is 18.9 Å². The highest BCUT2D eigenvalue weighted by atomic mass is 16.7. The van der Waals surface area contributed by atoms with Crippen LogP contribution in [0.4, 0.5) is 0 Å². The number of allylic oxidation sites excluding steroid dienone is 1. The van der Waals surface area contributed by atoms with Crippen molar-refractivity contribution in [2.75, 3.05) is 13.9 Å². The Morgan fingerprint density at radius 2 is 2.11 bits per heavy atom. The number of fused-ring (bicyclic) bond motifs is 1. The highest BCUT2D eigenvalue weighted by Crippen LogP contribution is 2.37. The summed E-state index contributed by atoms with van der Waals surface area (Å²) in [7, 11) is 1.49. The van der Waals surface area contributed by atoms with E-state index in [0.29, 0.717) is 12.0 Å². The van der Waals surface area contributed by atoms with Crippen LogP contribution in [0, 0.1) is 6.92 Å². The molecule has 1 unspecified atom stereocenters. The van der Waals surface area contributed by atoms with Crippen LogP contribution in [-0.2, 0) is 19.1 Å². The number of ketones is 1. The molecule has 4 heteroatoms. The van der Waals surface area contributed by atoms with E-state index < -0.39 is 0 Å². The molecule has 4 nitrogen and oxygen atoms in total. The Labute approximate surface area is 112 Å². The van der Waals surface area contributed by atoms with Crippen molar-refractivity contribution >= 4 is 17.8 Å². The molecule has 0 heterocycles. The lowest BCUT2D eigenvalue weighted by Crippen LogP contribution is -2.23. The molecular weight excluding hydrogens is 244 g/mol. The molecule has 19 heavy (non-hydrogen) atoms. The monoisotopic (exact) mass is 260 g/mol. The lowest BCUT2D eigenvalue weighted by molar-refractivity contribution is -0.118. The number of aryl methyl sites for hydroxylation is 1. The molecule has 0 fully saturated rings. The minimum atomic E-state index is -0.329. The number of rotatable bonds is 4. The van der Waals surface area contributed by atoms with Gasteiger partial charge in [-0.05, 0) is 18.1 Å². The first-order valence-electron chi connectivity index (χ1n) is 6.07. The fourth-order valence-electron chi connectivity index (χ4n) is 2.36. The quantitative estimate of drug-likeness (QED) is 0.473. The van der Waals surface area contributed by atoms with E-state index in [1.165, 1.54) is 7.11 Å². The van der Waals surface area contributed by atoms with Crippen molar-refractivity contribution in [1.82, 2.24) is 0 Å². The number of hydrogen-bond donors (Lipinski definition) is 0. The SMILES string of the molecule is COCOC1=C(C=O)C(=O)C(C)c2cccc(C)c21. The molecule has 0 N–H and O–H groups in total. The van der Waals surface area contributed by atoms with E-state index >= 15 is 0 Å². The third-order valence-corrected chi connectivity index (χ3v) is 3.34. The van der Waals surface area contributed by atoms with E-state index in [4.69, 9.17) is 9.47 Å². The molecule has 0 saturated carbocycles. The summed E-state index contributed by atoms with van der Waals surface area (Å²) >= 11 is 0. The topological polar surface area (TPSA) is 52.6 Å². The molecule has 1 aliphatic carbocycles. The average Bonchev–Trinajstić information content (AvgIpc) is 2.41. The Morgan fingerprint density at radius 3 is 2.74 bits per heavy atom. The minimum absolute atomic E-state index is 0.00209. The van der Waals surface area contributed by atoms with E-state index in [0.717, 1.165) is 16.7 Å². The normalized spacial score (nSPS) is 18.3. The Bertz CT molecular complexity index is 557. The van der Waals surface area contributed by atoms with Crippen molar-refractivity contribution in [1.29, 1.82) is 0 Å². The lowest BCUT2D eigenvalue weighted by Gasteiger charge is -2.26. The average molecular weight is 260 g/mol. The maximum Gasteiger partial charge on any atom is 0.188 e. The Kier molecular flexibility index (Phi) is 3.81. The Balaban J connectivity index is 2.66. The summed E-state index contributed by atoms with van der Waals surface area (Å²) in [5.41, 5.74) is 2.78. The first-order valence-corrected chi connectivity index (χ1v) is 6.07. The number of aldehydes is 1. The summed E-state index contributed by atoms with van der Waals surface area (Å²) in [4.78, 5) is 23.4.